The molecular weight excluding hydrogens is 399 g/mol. The standard InChI is InChI=1S/C18H13Cl2F2N3O2/c19-11-3-1-10(2-4-11)15(9-26)24-14-8-23-25(18(27)17(14)20)16-6-5-12(21)7-13(16)22/h1-8,15,24,26H,9H2. The van der Waals surface area contributed by atoms with Crippen molar-refractivity contribution < 1.29 is 13.9 Å². The van der Waals surface area contributed by atoms with Crippen LogP contribution in [0.15, 0.2) is 53.5 Å². The van der Waals surface area contributed by atoms with Crippen molar-refractivity contribution in [2.45, 2.75) is 6.04 Å². The van der Waals surface area contributed by atoms with Gasteiger partial charge in [0.1, 0.15) is 16.5 Å². The third-order valence-corrected chi connectivity index (χ3v) is 4.46. The quantitative estimate of drug-likeness (QED) is 0.666. The van der Waals surface area contributed by atoms with Crippen molar-refractivity contribution in [3.05, 3.63) is 86.3 Å². The highest BCUT2D eigenvalue weighted by atomic mass is 35.5. The second-order valence-electron chi connectivity index (χ2n) is 5.62. The molecular formula is C18H13Cl2F2N3O2. The van der Waals surface area contributed by atoms with Crippen LogP contribution in [0, 0.1) is 11.6 Å². The van der Waals surface area contributed by atoms with E-state index in [1.165, 1.54) is 6.20 Å². The summed E-state index contributed by atoms with van der Waals surface area (Å²) >= 11 is 12.0. The fraction of sp³-hybridized carbons (Fsp3) is 0.111. The van der Waals surface area contributed by atoms with Gasteiger partial charge >= 0.3 is 0 Å². The highest BCUT2D eigenvalue weighted by Crippen LogP contribution is 2.24. The molecule has 1 aromatic heterocycles. The zero-order valence-electron chi connectivity index (χ0n) is 13.7. The molecule has 2 N–H and O–H groups in total. The Hall–Kier alpha value is -2.48. The number of halogens is 4. The number of anilines is 1. The predicted octanol–water partition coefficient (Wildman–Crippen LogP) is 3.96. The zero-order chi connectivity index (χ0) is 19.6. The summed E-state index contributed by atoms with van der Waals surface area (Å²) in [6.45, 7) is -0.284. The van der Waals surface area contributed by atoms with Crippen LogP contribution in [0.25, 0.3) is 5.69 Å². The molecule has 1 atom stereocenters. The first kappa shape index (κ1) is 19.3. The van der Waals surface area contributed by atoms with Crippen LogP contribution in [0.4, 0.5) is 14.5 Å². The summed E-state index contributed by atoms with van der Waals surface area (Å²) in [5.41, 5.74) is -0.146. The lowest BCUT2D eigenvalue weighted by molar-refractivity contribution is 0.276. The average molecular weight is 412 g/mol. The van der Waals surface area contributed by atoms with Crippen molar-refractivity contribution >= 4 is 28.9 Å². The van der Waals surface area contributed by atoms with E-state index < -0.39 is 23.2 Å². The lowest BCUT2D eigenvalue weighted by Crippen LogP contribution is -2.25. The molecule has 0 radical (unpaired) electrons. The fourth-order valence-corrected chi connectivity index (χ4v) is 2.78. The van der Waals surface area contributed by atoms with Gasteiger partial charge in [-0.2, -0.15) is 9.78 Å². The van der Waals surface area contributed by atoms with Gasteiger partial charge in [-0.25, -0.2) is 8.78 Å². The predicted molar refractivity (Wildman–Crippen MR) is 99.7 cm³/mol. The minimum Gasteiger partial charge on any atom is -0.394 e. The van der Waals surface area contributed by atoms with Gasteiger partial charge in [-0.15, -0.1) is 0 Å². The van der Waals surface area contributed by atoms with Crippen LogP contribution in [0.5, 0.6) is 0 Å². The van der Waals surface area contributed by atoms with E-state index in [0.29, 0.717) is 16.7 Å². The Kier molecular flexibility index (Phi) is 5.74. The fourth-order valence-electron chi connectivity index (χ4n) is 2.48. The largest absolute Gasteiger partial charge is 0.394 e. The minimum absolute atomic E-state index is 0.162. The van der Waals surface area contributed by atoms with Gasteiger partial charge in [0.25, 0.3) is 5.56 Å². The van der Waals surface area contributed by atoms with Crippen LogP contribution >= 0.6 is 23.2 Å². The van der Waals surface area contributed by atoms with Gasteiger partial charge in [-0.3, -0.25) is 4.79 Å². The number of hydrogen-bond acceptors (Lipinski definition) is 4. The van der Waals surface area contributed by atoms with Crippen LogP contribution in [-0.2, 0) is 0 Å². The molecule has 1 heterocycles. The van der Waals surface area contributed by atoms with E-state index in [2.05, 4.69) is 10.4 Å². The van der Waals surface area contributed by atoms with Gasteiger partial charge in [0, 0.05) is 11.1 Å². The Bertz CT molecular complexity index is 1030. The Balaban J connectivity index is 1.95. The van der Waals surface area contributed by atoms with E-state index in [4.69, 9.17) is 23.2 Å². The molecule has 0 aliphatic carbocycles. The third kappa shape index (κ3) is 4.10. The van der Waals surface area contributed by atoms with Crippen LogP contribution in [0.1, 0.15) is 11.6 Å². The molecule has 0 aliphatic heterocycles. The Morgan fingerprint density at radius 1 is 1.15 bits per heavy atom. The molecule has 0 aliphatic rings. The molecule has 0 bridgehead atoms. The van der Waals surface area contributed by atoms with E-state index in [9.17, 15) is 18.7 Å². The van der Waals surface area contributed by atoms with Crippen LogP contribution in [-0.4, -0.2) is 21.5 Å². The number of nitrogens with zero attached hydrogens (tertiary/aromatic N) is 2. The van der Waals surface area contributed by atoms with Gasteiger partial charge in [-0.1, -0.05) is 35.3 Å². The number of nitrogens with one attached hydrogen (secondary N) is 1. The SMILES string of the molecule is O=c1c(Cl)c(NC(CO)c2ccc(Cl)cc2)cnn1-c1ccc(F)cc1F. The van der Waals surface area contributed by atoms with E-state index in [1.54, 1.807) is 24.3 Å². The number of aliphatic hydroxyl groups is 1. The van der Waals surface area contributed by atoms with Gasteiger partial charge < -0.3 is 10.4 Å². The van der Waals surface area contributed by atoms with E-state index in [1.807, 2.05) is 0 Å². The molecule has 0 spiro atoms. The lowest BCUT2D eigenvalue weighted by Gasteiger charge is -2.19. The van der Waals surface area contributed by atoms with Crippen molar-refractivity contribution in [2.75, 3.05) is 11.9 Å². The Labute approximate surface area is 162 Å². The molecule has 3 rings (SSSR count). The first-order chi connectivity index (χ1) is 12.9. The van der Waals surface area contributed by atoms with Gasteiger partial charge in [0.05, 0.1) is 24.5 Å². The summed E-state index contributed by atoms with van der Waals surface area (Å²) in [6, 6.07) is 8.93. The molecule has 3 aromatic rings. The van der Waals surface area contributed by atoms with Crippen LogP contribution in [0.2, 0.25) is 10.0 Å². The number of aromatic nitrogens is 2. The smallest absolute Gasteiger partial charge is 0.292 e. The summed E-state index contributed by atoms with van der Waals surface area (Å²) in [6.07, 6.45) is 1.23. The van der Waals surface area contributed by atoms with Gasteiger partial charge in [0.15, 0.2) is 5.82 Å². The third-order valence-electron chi connectivity index (χ3n) is 3.84. The summed E-state index contributed by atoms with van der Waals surface area (Å²) in [5.74, 6) is -1.72. The molecule has 27 heavy (non-hydrogen) atoms. The first-order valence-corrected chi connectivity index (χ1v) is 8.52. The first-order valence-electron chi connectivity index (χ1n) is 7.77. The Morgan fingerprint density at radius 3 is 2.48 bits per heavy atom. The Morgan fingerprint density at radius 2 is 1.85 bits per heavy atom. The van der Waals surface area contributed by atoms with E-state index >= 15 is 0 Å². The highest BCUT2D eigenvalue weighted by molar-refractivity contribution is 6.33. The van der Waals surface area contributed by atoms with Crippen molar-refractivity contribution in [1.29, 1.82) is 0 Å². The lowest BCUT2D eigenvalue weighted by atomic mass is 10.1. The minimum atomic E-state index is -0.948. The number of aliphatic hydroxyl groups excluding tert-OH is 1. The molecule has 0 saturated heterocycles. The van der Waals surface area contributed by atoms with Crippen molar-refractivity contribution in [3.63, 3.8) is 0 Å². The van der Waals surface area contributed by atoms with Crippen LogP contribution < -0.4 is 10.9 Å². The van der Waals surface area contributed by atoms with E-state index in [0.717, 1.165) is 16.8 Å². The number of benzene rings is 2. The van der Waals surface area contributed by atoms with Gasteiger partial charge in [-0.05, 0) is 29.8 Å². The molecule has 0 amide bonds. The maximum absolute atomic E-state index is 13.9. The second-order valence-corrected chi connectivity index (χ2v) is 6.43. The van der Waals surface area contributed by atoms with E-state index in [-0.39, 0.29) is 23.0 Å². The van der Waals surface area contributed by atoms with Gasteiger partial charge in [0.2, 0.25) is 0 Å². The molecule has 0 saturated carbocycles. The van der Waals surface area contributed by atoms with Crippen molar-refractivity contribution in [2.24, 2.45) is 0 Å². The maximum Gasteiger partial charge on any atom is 0.292 e. The average Bonchev–Trinajstić information content (AvgIpc) is 2.65. The molecule has 0 fully saturated rings. The summed E-state index contributed by atoms with van der Waals surface area (Å²) in [4.78, 5) is 12.5. The summed E-state index contributed by atoms with van der Waals surface area (Å²) < 4.78 is 27.7. The molecule has 5 nitrogen and oxygen atoms in total. The maximum atomic E-state index is 13.9. The normalized spacial score (nSPS) is 12.0. The van der Waals surface area contributed by atoms with Crippen molar-refractivity contribution in [3.8, 4) is 5.69 Å². The molecule has 9 heteroatoms. The number of hydrogen-bond donors (Lipinski definition) is 2. The summed E-state index contributed by atoms with van der Waals surface area (Å²) in [5, 5.41) is 16.7. The zero-order valence-corrected chi connectivity index (χ0v) is 15.2. The second kappa shape index (κ2) is 8.04. The molecule has 140 valence electrons. The van der Waals surface area contributed by atoms with Crippen LogP contribution in [0.3, 0.4) is 0 Å². The summed E-state index contributed by atoms with van der Waals surface area (Å²) in [7, 11) is 0. The topological polar surface area (TPSA) is 67.2 Å². The highest BCUT2D eigenvalue weighted by Gasteiger charge is 2.17. The monoisotopic (exact) mass is 411 g/mol. The van der Waals surface area contributed by atoms with Crippen molar-refractivity contribution in [1.82, 2.24) is 9.78 Å². The number of rotatable bonds is 5. The molecule has 1 unspecified atom stereocenters. The molecule has 2 aromatic carbocycles.